The van der Waals surface area contributed by atoms with E-state index < -0.39 is 5.60 Å². The smallest absolute Gasteiger partial charge is 0.230 e. The lowest BCUT2D eigenvalue weighted by molar-refractivity contribution is -0.120. The van der Waals surface area contributed by atoms with Gasteiger partial charge in [0.25, 0.3) is 0 Å². The molecule has 0 atom stereocenters. The van der Waals surface area contributed by atoms with Crippen molar-refractivity contribution in [1.29, 1.82) is 0 Å². The minimum atomic E-state index is -0.825. The maximum absolute atomic E-state index is 12.6. The molecule has 5 heteroatoms. The predicted octanol–water partition coefficient (Wildman–Crippen LogP) is 4.37. The number of benzene rings is 2. The molecule has 0 radical (unpaired) electrons. The van der Waals surface area contributed by atoms with E-state index in [0.29, 0.717) is 18.6 Å². The van der Waals surface area contributed by atoms with Gasteiger partial charge in [0.2, 0.25) is 5.91 Å². The molecule has 2 aromatic carbocycles. The van der Waals surface area contributed by atoms with Crippen molar-refractivity contribution >= 4 is 28.4 Å². The summed E-state index contributed by atoms with van der Waals surface area (Å²) in [5, 5.41) is 16.8. The van der Waals surface area contributed by atoms with Gasteiger partial charge in [0.15, 0.2) is 0 Å². The van der Waals surface area contributed by atoms with Gasteiger partial charge >= 0.3 is 0 Å². The van der Waals surface area contributed by atoms with Gasteiger partial charge in [-0.1, -0.05) is 30.3 Å². The molecular formula is C25H26N2O2S. The van der Waals surface area contributed by atoms with Crippen LogP contribution in [0, 0.1) is 0 Å². The maximum atomic E-state index is 12.6. The van der Waals surface area contributed by atoms with Gasteiger partial charge < -0.3 is 10.4 Å². The summed E-state index contributed by atoms with van der Waals surface area (Å²) in [5.74, 6) is 0.488. The van der Waals surface area contributed by atoms with Crippen LogP contribution in [0.3, 0.4) is 0 Å². The number of thioether (sulfide) groups is 1. The van der Waals surface area contributed by atoms with E-state index in [-0.39, 0.29) is 11.9 Å². The van der Waals surface area contributed by atoms with Crippen LogP contribution in [0.4, 0.5) is 0 Å². The number of rotatable bonds is 5. The van der Waals surface area contributed by atoms with Crippen LogP contribution >= 0.6 is 11.8 Å². The number of aromatic nitrogens is 1. The van der Waals surface area contributed by atoms with Crippen molar-refractivity contribution in [3.8, 4) is 0 Å². The summed E-state index contributed by atoms with van der Waals surface area (Å²) in [7, 11) is 0. The number of nitrogens with one attached hydrogen (secondary N) is 1. The van der Waals surface area contributed by atoms with Gasteiger partial charge in [0.1, 0.15) is 0 Å². The number of carbonyl (C=O) groups excluding carboxylic acids is 1. The first-order valence-electron chi connectivity index (χ1n) is 10.7. The van der Waals surface area contributed by atoms with Gasteiger partial charge in [-0.15, -0.1) is 11.8 Å². The van der Waals surface area contributed by atoms with E-state index in [1.807, 2.05) is 12.1 Å². The molecule has 4 nitrogen and oxygen atoms in total. The highest BCUT2D eigenvalue weighted by Crippen LogP contribution is 2.38. The second-order valence-electron chi connectivity index (χ2n) is 8.47. The van der Waals surface area contributed by atoms with Gasteiger partial charge in [0.05, 0.1) is 11.4 Å². The molecule has 5 rings (SSSR count). The Morgan fingerprint density at radius 1 is 1.10 bits per heavy atom. The number of hydrogen-bond acceptors (Lipinski definition) is 4. The summed E-state index contributed by atoms with van der Waals surface area (Å²) >= 11 is 1.62. The topological polar surface area (TPSA) is 62.2 Å². The SMILES string of the molecule is O=C(CSc1ccc2c3c(cccc13)CC2)NC1CCC(O)(c2cccnc2)CC1. The van der Waals surface area contributed by atoms with Gasteiger partial charge in [-0.3, -0.25) is 9.78 Å². The minimum Gasteiger partial charge on any atom is -0.385 e. The predicted molar refractivity (Wildman–Crippen MR) is 121 cm³/mol. The van der Waals surface area contributed by atoms with Crippen molar-refractivity contribution in [3.05, 3.63) is 71.5 Å². The van der Waals surface area contributed by atoms with Gasteiger partial charge in [-0.2, -0.15) is 0 Å². The third-order valence-electron chi connectivity index (χ3n) is 6.57. The number of carbonyl (C=O) groups is 1. The Morgan fingerprint density at radius 3 is 2.67 bits per heavy atom. The van der Waals surface area contributed by atoms with Crippen LogP contribution < -0.4 is 5.32 Å². The lowest BCUT2D eigenvalue weighted by atomic mass is 9.78. The van der Waals surface area contributed by atoms with Crippen molar-refractivity contribution < 1.29 is 9.90 Å². The lowest BCUT2D eigenvalue weighted by Gasteiger charge is -2.36. The first-order valence-corrected chi connectivity index (χ1v) is 11.7. The van der Waals surface area contributed by atoms with Crippen molar-refractivity contribution in [2.75, 3.05) is 5.75 Å². The number of nitrogens with zero attached hydrogens (tertiary/aromatic N) is 1. The second kappa shape index (κ2) is 8.05. The third-order valence-corrected chi connectivity index (χ3v) is 7.65. The van der Waals surface area contributed by atoms with Crippen LogP contribution in [0.25, 0.3) is 10.8 Å². The van der Waals surface area contributed by atoms with Gasteiger partial charge in [-0.25, -0.2) is 0 Å². The molecule has 1 amide bonds. The van der Waals surface area contributed by atoms with E-state index in [1.165, 1.54) is 26.8 Å². The summed E-state index contributed by atoms with van der Waals surface area (Å²) in [6.07, 6.45) is 8.55. The molecule has 154 valence electrons. The maximum Gasteiger partial charge on any atom is 0.230 e. The number of aryl methyl sites for hydroxylation is 2. The molecule has 0 spiro atoms. The highest BCUT2D eigenvalue weighted by molar-refractivity contribution is 8.00. The number of aliphatic hydroxyl groups is 1. The second-order valence-corrected chi connectivity index (χ2v) is 9.48. The standard InChI is InChI=1S/C25H26N2O2S/c28-23(27-20-10-12-25(29,13-11-20)19-4-2-14-26-15-19)16-30-22-9-8-18-7-6-17-3-1-5-21(22)24(17)18/h1-5,8-9,14-15,20,29H,6-7,10-13,16H2,(H,27,28). The Labute approximate surface area is 181 Å². The quantitative estimate of drug-likeness (QED) is 0.604. The minimum absolute atomic E-state index is 0.0695. The molecule has 0 aliphatic heterocycles. The highest BCUT2D eigenvalue weighted by Gasteiger charge is 2.35. The van der Waals surface area contributed by atoms with E-state index in [1.54, 1.807) is 24.2 Å². The van der Waals surface area contributed by atoms with Crippen LogP contribution in [0.15, 0.2) is 59.8 Å². The molecule has 3 aromatic rings. The fourth-order valence-corrected chi connectivity index (χ4v) is 5.78. The third kappa shape index (κ3) is 3.72. The van der Waals surface area contributed by atoms with Crippen LogP contribution in [0.5, 0.6) is 0 Å². The van der Waals surface area contributed by atoms with E-state index in [4.69, 9.17) is 0 Å². The van der Waals surface area contributed by atoms with Crippen LogP contribution in [0.1, 0.15) is 42.4 Å². The Bertz CT molecular complexity index is 1060. The van der Waals surface area contributed by atoms with Crippen molar-refractivity contribution in [2.24, 2.45) is 0 Å². The van der Waals surface area contributed by atoms with Crippen LogP contribution in [-0.2, 0) is 23.2 Å². The number of hydrogen-bond donors (Lipinski definition) is 2. The summed E-state index contributed by atoms with van der Waals surface area (Å²) < 4.78 is 0. The van der Waals surface area contributed by atoms with Crippen molar-refractivity contribution in [3.63, 3.8) is 0 Å². The molecule has 1 aromatic heterocycles. The molecule has 2 aliphatic rings. The molecule has 0 bridgehead atoms. The highest BCUT2D eigenvalue weighted by atomic mass is 32.2. The molecule has 1 saturated carbocycles. The normalized spacial score (nSPS) is 22.9. The van der Waals surface area contributed by atoms with E-state index in [9.17, 15) is 9.90 Å². The zero-order valence-electron chi connectivity index (χ0n) is 16.9. The van der Waals surface area contributed by atoms with Gasteiger partial charge in [0, 0.05) is 28.9 Å². The molecule has 2 aliphatic carbocycles. The monoisotopic (exact) mass is 418 g/mol. The lowest BCUT2D eigenvalue weighted by Crippen LogP contribution is -2.42. The largest absolute Gasteiger partial charge is 0.385 e. The van der Waals surface area contributed by atoms with E-state index in [0.717, 1.165) is 31.2 Å². The van der Waals surface area contributed by atoms with Gasteiger partial charge in [-0.05, 0) is 72.6 Å². The molecular weight excluding hydrogens is 392 g/mol. The summed E-state index contributed by atoms with van der Waals surface area (Å²) in [4.78, 5) is 17.9. The summed E-state index contributed by atoms with van der Waals surface area (Å²) in [5.41, 5.74) is 2.90. The molecule has 2 N–H and O–H groups in total. The van der Waals surface area contributed by atoms with E-state index in [2.05, 4.69) is 40.6 Å². The van der Waals surface area contributed by atoms with Crippen LogP contribution in [0.2, 0.25) is 0 Å². The number of pyridine rings is 1. The average Bonchev–Trinajstić information content (AvgIpc) is 3.20. The number of amides is 1. The fraction of sp³-hybridized carbons (Fsp3) is 0.360. The summed E-state index contributed by atoms with van der Waals surface area (Å²) in [6.45, 7) is 0. The van der Waals surface area contributed by atoms with Crippen LogP contribution in [-0.4, -0.2) is 27.8 Å². The van der Waals surface area contributed by atoms with Crippen molar-refractivity contribution in [1.82, 2.24) is 10.3 Å². The Hall–Kier alpha value is -2.37. The molecule has 1 fully saturated rings. The van der Waals surface area contributed by atoms with E-state index >= 15 is 0 Å². The molecule has 0 unspecified atom stereocenters. The molecule has 1 heterocycles. The molecule has 30 heavy (non-hydrogen) atoms. The van der Waals surface area contributed by atoms with Crippen molar-refractivity contribution in [2.45, 2.75) is 55.1 Å². The first kappa shape index (κ1) is 19.6. The first-order chi connectivity index (χ1) is 14.6. The molecule has 0 saturated heterocycles. The zero-order valence-corrected chi connectivity index (χ0v) is 17.8. The average molecular weight is 419 g/mol. The Kier molecular flexibility index (Phi) is 5.25. The fourth-order valence-electron chi connectivity index (χ4n) is 4.92. The zero-order chi connectivity index (χ0) is 20.6. The Morgan fingerprint density at radius 2 is 1.90 bits per heavy atom. The summed E-state index contributed by atoms with van der Waals surface area (Å²) in [6, 6.07) is 14.8. The Balaban J connectivity index is 1.18.